The van der Waals surface area contributed by atoms with E-state index in [0.29, 0.717) is 25.4 Å². The van der Waals surface area contributed by atoms with E-state index in [1.807, 2.05) is 6.92 Å². The fourth-order valence-electron chi connectivity index (χ4n) is 2.40. The second kappa shape index (κ2) is 7.18. The van der Waals surface area contributed by atoms with E-state index in [-0.39, 0.29) is 14.9 Å². The summed E-state index contributed by atoms with van der Waals surface area (Å²) < 4.78 is 32.3. The summed E-state index contributed by atoms with van der Waals surface area (Å²) in [5.41, 5.74) is 0. The number of hydrogen-bond acceptors (Lipinski definition) is 3. The fraction of sp³-hybridized carbons (Fsp3) is 0.571. The van der Waals surface area contributed by atoms with Gasteiger partial charge in [0.2, 0.25) is 10.0 Å². The van der Waals surface area contributed by atoms with Crippen LogP contribution in [0.2, 0.25) is 10.0 Å². The minimum atomic E-state index is -3.61. The first-order valence-corrected chi connectivity index (χ1v) is 9.28. The molecule has 0 radical (unpaired) electrons. The molecule has 0 aromatic heterocycles. The van der Waals surface area contributed by atoms with Crippen LogP contribution in [0.25, 0.3) is 0 Å². The van der Waals surface area contributed by atoms with Crippen molar-refractivity contribution < 1.29 is 13.2 Å². The van der Waals surface area contributed by atoms with Crippen molar-refractivity contribution in [2.45, 2.75) is 37.5 Å². The Labute approximate surface area is 136 Å². The molecule has 1 fully saturated rings. The molecule has 1 aromatic carbocycles. The summed E-state index contributed by atoms with van der Waals surface area (Å²) in [7, 11) is -3.61. The van der Waals surface area contributed by atoms with E-state index >= 15 is 0 Å². The molecule has 1 saturated heterocycles. The predicted molar refractivity (Wildman–Crippen MR) is 84.9 cm³/mol. The molecular formula is C14H19Cl2NO3S. The van der Waals surface area contributed by atoms with Crippen LogP contribution in [0.3, 0.4) is 0 Å². The van der Waals surface area contributed by atoms with Gasteiger partial charge in [-0.05, 0) is 25.8 Å². The van der Waals surface area contributed by atoms with Gasteiger partial charge in [-0.2, -0.15) is 4.31 Å². The molecule has 0 N–H and O–H groups in total. The minimum absolute atomic E-state index is 0.0551. The first-order valence-electron chi connectivity index (χ1n) is 7.09. The van der Waals surface area contributed by atoms with Gasteiger partial charge in [-0.1, -0.05) is 36.0 Å². The van der Waals surface area contributed by atoms with E-state index in [1.54, 1.807) is 0 Å². The van der Waals surface area contributed by atoms with Crippen molar-refractivity contribution in [3.05, 3.63) is 22.2 Å². The lowest BCUT2D eigenvalue weighted by molar-refractivity contribution is 0.340. The van der Waals surface area contributed by atoms with Crippen molar-refractivity contribution >= 4 is 33.2 Å². The van der Waals surface area contributed by atoms with Gasteiger partial charge in [-0.3, -0.25) is 0 Å². The van der Waals surface area contributed by atoms with Crippen molar-refractivity contribution in [1.29, 1.82) is 0 Å². The number of rotatable bonds is 4. The van der Waals surface area contributed by atoms with Crippen LogP contribution in [0.4, 0.5) is 0 Å². The van der Waals surface area contributed by atoms with Gasteiger partial charge in [0.25, 0.3) is 0 Å². The zero-order valence-electron chi connectivity index (χ0n) is 11.9. The van der Waals surface area contributed by atoms with Gasteiger partial charge < -0.3 is 4.74 Å². The largest absolute Gasteiger partial charge is 0.492 e. The smallest absolute Gasteiger partial charge is 0.244 e. The highest BCUT2D eigenvalue weighted by atomic mass is 35.5. The Morgan fingerprint density at radius 1 is 1.10 bits per heavy atom. The zero-order chi connectivity index (χ0) is 15.5. The first kappa shape index (κ1) is 16.9. The first-order chi connectivity index (χ1) is 9.96. The van der Waals surface area contributed by atoms with Crippen molar-refractivity contribution in [2.24, 2.45) is 0 Å². The Hall–Kier alpha value is -0.490. The highest BCUT2D eigenvalue weighted by Crippen LogP contribution is 2.35. The molecule has 0 bridgehead atoms. The molecule has 7 heteroatoms. The Kier molecular flexibility index (Phi) is 5.77. The quantitative estimate of drug-likeness (QED) is 0.824. The highest BCUT2D eigenvalue weighted by Gasteiger charge is 2.28. The summed E-state index contributed by atoms with van der Waals surface area (Å²) in [4.78, 5) is 0.0551. The Balaban J connectivity index is 2.37. The van der Waals surface area contributed by atoms with Crippen LogP contribution < -0.4 is 4.74 Å². The molecular weight excluding hydrogens is 333 g/mol. The summed E-state index contributed by atoms with van der Waals surface area (Å²) >= 11 is 12.2. The lowest BCUT2D eigenvalue weighted by Gasteiger charge is -2.21. The van der Waals surface area contributed by atoms with E-state index in [2.05, 4.69) is 0 Å². The average molecular weight is 352 g/mol. The van der Waals surface area contributed by atoms with Gasteiger partial charge in [-0.25, -0.2) is 8.42 Å². The maximum absolute atomic E-state index is 12.7. The van der Waals surface area contributed by atoms with Crippen LogP contribution in [0.5, 0.6) is 5.75 Å². The van der Waals surface area contributed by atoms with Gasteiger partial charge >= 0.3 is 0 Å². The molecule has 21 heavy (non-hydrogen) atoms. The Bertz CT molecular complexity index is 596. The number of hydrogen-bond donors (Lipinski definition) is 0. The summed E-state index contributed by atoms with van der Waals surface area (Å²) in [6, 6.07) is 2.85. The Morgan fingerprint density at radius 2 is 1.71 bits per heavy atom. The van der Waals surface area contributed by atoms with Crippen LogP contribution in [-0.2, 0) is 10.0 Å². The third kappa shape index (κ3) is 3.83. The van der Waals surface area contributed by atoms with Crippen LogP contribution in [-0.4, -0.2) is 32.4 Å². The van der Waals surface area contributed by atoms with Crippen LogP contribution >= 0.6 is 23.2 Å². The summed E-state index contributed by atoms with van der Waals surface area (Å²) in [5.74, 6) is 0.402. The van der Waals surface area contributed by atoms with Crippen LogP contribution in [0.1, 0.15) is 32.6 Å². The maximum atomic E-state index is 12.7. The fourth-order valence-corrected chi connectivity index (χ4v) is 4.71. The van der Waals surface area contributed by atoms with Crippen molar-refractivity contribution in [2.75, 3.05) is 19.7 Å². The molecule has 0 aliphatic carbocycles. The number of sulfonamides is 1. The second-order valence-electron chi connectivity index (χ2n) is 4.96. The normalized spacial score (nSPS) is 17.5. The standard InChI is InChI=1S/C14H19Cl2NO3S/c1-2-20-13-9-12(16)14(10-11(13)15)21(18,19)17-7-5-3-4-6-8-17/h9-10H,2-8H2,1H3. The van der Waals surface area contributed by atoms with Gasteiger partial charge in [0.05, 0.1) is 16.7 Å². The second-order valence-corrected chi connectivity index (χ2v) is 7.69. The Morgan fingerprint density at radius 3 is 2.29 bits per heavy atom. The van der Waals surface area contributed by atoms with E-state index < -0.39 is 10.0 Å². The molecule has 0 unspecified atom stereocenters. The van der Waals surface area contributed by atoms with Gasteiger partial charge in [-0.15, -0.1) is 0 Å². The van der Waals surface area contributed by atoms with Crippen molar-refractivity contribution in [1.82, 2.24) is 4.31 Å². The van der Waals surface area contributed by atoms with Gasteiger partial charge in [0.1, 0.15) is 10.6 Å². The number of benzene rings is 1. The topological polar surface area (TPSA) is 46.6 Å². The highest BCUT2D eigenvalue weighted by molar-refractivity contribution is 7.89. The summed E-state index contributed by atoms with van der Waals surface area (Å²) in [6.07, 6.45) is 3.87. The molecule has 0 saturated carbocycles. The SMILES string of the molecule is CCOc1cc(Cl)c(S(=O)(=O)N2CCCCCC2)cc1Cl. The van der Waals surface area contributed by atoms with E-state index in [1.165, 1.54) is 16.4 Å². The van der Waals surface area contributed by atoms with Gasteiger partial charge in [0.15, 0.2) is 0 Å². The van der Waals surface area contributed by atoms with Gasteiger partial charge in [0, 0.05) is 19.2 Å². The molecule has 1 aliphatic heterocycles. The lowest BCUT2D eigenvalue weighted by Crippen LogP contribution is -2.32. The average Bonchev–Trinajstić information content (AvgIpc) is 2.72. The van der Waals surface area contributed by atoms with Crippen LogP contribution in [0, 0.1) is 0 Å². The van der Waals surface area contributed by atoms with Crippen molar-refractivity contribution in [3.63, 3.8) is 0 Å². The zero-order valence-corrected chi connectivity index (χ0v) is 14.3. The monoisotopic (exact) mass is 351 g/mol. The minimum Gasteiger partial charge on any atom is -0.492 e. The molecule has 0 spiro atoms. The lowest BCUT2D eigenvalue weighted by atomic mass is 10.2. The third-order valence-electron chi connectivity index (χ3n) is 3.47. The molecule has 0 amide bonds. The summed E-state index contributed by atoms with van der Waals surface area (Å²) in [6.45, 7) is 3.33. The molecule has 1 aromatic rings. The van der Waals surface area contributed by atoms with Crippen LogP contribution in [0.15, 0.2) is 17.0 Å². The predicted octanol–water partition coefficient (Wildman–Crippen LogP) is 3.96. The molecule has 2 rings (SSSR count). The van der Waals surface area contributed by atoms with E-state index in [4.69, 9.17) is 27.9 Å². The number of halogens is 2. The molecule has 4 nitrogen and oxygen atoms in total. The maximum Gasteiger partial charge on any atom is 0.244 e. The molecule has 1 aliphatic rings. The molecule has 118 valence electrons. The third-order valence-corrected chi connectivity index (χ3v) is 6.13. The molecule has 0 atom stereocenters. The number of ether oxygens (including phenoxy) is 1. The van der Waals surface area contributed by atoms with Crippen molar-refractivity contribution in [3.8, 4) is 5.75 Å². The summed E-state index contributed by atoms with van der Waals surface area (Å²) in [5, 5.41) is 0.404. The van der Waals surface area contributed by atoms with E-state index in [0.717, 1.165) is 25.7 Å². The number of nitrogens with zero attached hydrogens (tertiary/aromatic N) is 1. The molecule has 1 heterocycles. The van der Waals surface area contributed by atoms with E-state index in [9.17, 15) is 8.42 Å².